The van der Waals surface area contributed by atoms with Gasteiger partial charge in [-0.3, -0.25) is 0 Å². The van der Waals surface area contributed by atoms with Gasteiger partial charge in [0.2, 0.25) is 0 Å². The van der Waals surface area contributed by atoms with E-state index in [1.807, 2.05) is 12.1 Å². The summed E-state index contributed by atoms with van der Waals surface area (Å²) in [5.41, 5.74) is 4.89. The number of nitrogens with zero attached hydrogens (tertiary/aromatic N) is 1. The van der Waals surface area contributed by atoms with Gasteiger partial charge in [-0.15, -0.1) is 0 Å². The number of aryl methyl sites for hydroxylation is 1. The van der Waals surface area contributed by atoms with Crippen molar-refractivity contribution in [3.05, 3.63) is 72.3 Å². The normalized spacial score (nSPS) is 11.2. The summed E-state index contributed by atoms with van der Waals surface area (Å²) < 4.78 is 7.58. The lowest BCUT2D eigenvalue weighted by Gasteiger charge is -2.08. The summed E-state index contributed by atoms with van der Waals surface area (Å²) in [7, 11) is 1.69. The zero-order valence-electron chi connectivity index (χ0n) is 12.7. The molecule has 0 bridgehead atoms. The lowest BCUT2D eigenvalue weighted by atomic mass is 10.1. The van der Waals surface area contributed by atoms with E-state index < -0.39 is 0 Å². The number of benzene rings is 3. The van der Waals surface area contributed by atoms with Gasteiger partial charge in [-0.1, -0.05) is 29.8 Å². The molecule has 2 nitrogen and oxygen atoms in total. The van der Waals surface area contributed by atoms with Crippen LogP contribution in [-0.4, -0.2) is 11.7 Å². The molecular formula is C20H17NO. The molecule has 0 aliphatic rings. The summed E-state index contributed by atoms with van der Waals surface area (Å²) in [4.78, 5) is 0. The first-order valence-corrected chi connectivity index (χ1v) is 7.42. The highest BCUT2D eigenvalue weighted by Crippen LogP contribution is 2.32. The molecule has 0 amide bonds. The third-order valence-electron chi connectivity index (χ3n) is 4.16. The summed E-state index contributed by atoms with van der Waals surface area (Å²) in [6, 6.07) is 23.4. The van der Waals surface area contributed by atoms with E-state index in [1.165, 1.54) is 27.4 Å². The van der Waals surface area contributed by atoms with Gasteiger partial charge in [0.15, 0.2) is 0 Å². The van der Waals surface area contributed by atoms with Crippen LogP contribution in [0.25, 0.3) is 27.5 Å². The van der Waals surface area contributed by atoms with Gasteiger partial charge in [-0.05, 0) is 49.4 Å². The molecule has 1 heterocycles. The third kappa shape index (κ3) is 1.88. The second-order valence-corrected chi connectivity index (χ2v) is 5.57. The largest absolute Gasteiger partial charge is 0.497 e. The Labute approximate surface area is 129 Å². The fourth-order valence-electron chi connectivity index (χ4n) is 3.10. The van der Waals surface area contributed by atoms with Crippen LogP contribution >= 0.6 is 0 Å². The fraction of sp³-hybridized carbons (Fsp3) is 0.100. The van der Waals surface area contributed by atoms with Gasteiger partial charge in [0.1, 0.15) is 5.75 Å². The van der Waals surface area contributed by atoms with Crippen LogP contribution in [0.1, 0.15) is 5.56 Å². The monoisotopic (exact) mass is 287 g/mol. The van der Waals surface area contributed by atoms with Crippen LogP contribution in [0.5, 0.6) is 5.75 Å². The van der Waals surface area contributed by atoms with Crippen LogP contribution in [0.15, 0.2) is 66.7 Å². The SMILES string of the molecule is COc1ccc(-n2c3ccccc3c3cc(C)ccc32)cc1. The molecule has 22 heavy (non-hydrogen) atoms. The third-order valence-corrected chi connectivity index (χ3v) is 4.16. The highest BCUT2D eigenvalue weighted by molar-refractivity contribution is 6.09. The van der Waals surface area contributed by atoms with Crippen molar-refractivity contribution in [1.29, 1.82) is 0 Å². The molecule has 3 aromatic carbocycles. The van der Waals surface area contributed by atoms with Crippen molar-refractivity contribution >= 4 is 21.8 Å². The van der Waals surface area contributed by atoms with Crippen LogP contribution < -0.4 is 4.74 Å². The molecule has 4 rings (SSSR count). The van der Waals surface area contributed by atoms with Gasteiger partial charge in [-0.2, -0.15) is 0 Å². The molecule has 0 saturated heterocycles. The highest BCUT2D eigenvalue weighted by atomic mass is 16.5. The van der Waals surface area contributed by atoms with Gasteiger partial charge in [0.25, 0.3) is 0 Å². The zero-order chi connectivity index (χ0) is 15.1. The topological polar surface area (TPSA) is 14.2 Å². The van der Waals surface area contributed by atoms with Crippen molar-refractivity contribution in [2.45, 2.75) is 6.92 Å². The predicted molar refractivity (Wildman–Crippen MR) is 92.1 cm³/mol. The molecule has 0 saturated carbocycles. The number of methoxy groups -OCH3 is 1. The number of rotatable bonds is 2. The van der Waals surface area contributed by atoms with Crippen LogP contribution in [0.3, 0.4) is 0 Å². The Morgan fingerprint density at radius 1 is 0.773 bits per heavy atom. The first-order valence-electron chi connectivity index (χ1n) is 7.42. The average molecular weight is 287 g/mol. The molecule has 0 unspecified atom stereocenters. The van der Waals surface area contributed by atoms with Crippen LogP contribution in [0.2, 0.25) is 0 Å². The van der Waals surface area contributed by atoms with Crippen LogP contribution in [0.4, 0.5) is 0 Å². The Balaban J connectivity index is 2.09. The Morgan fingerprint density at radius 3 is 2.27 bits per heavy atom. The molecule has 0 atom stereocenters. The second-order valence-electron chi connectivity index (χ2n) is 5.57. The number of hydrogen-bond donors (Lipinski definition) is 0. The summed E-state index contributed by atoms with van der Waals surface area (Å²) in [5.74, 6) is 0.875. The van der Waals surface area contributed by atoms with Crippen molar-refractivity contribution in [1.82, 2.24) is 4.57 Å². The second kappa shape index (κ2) is 4.92. The van der Waals surface area contributed by atoms with Gasteiger partial charge in [0.05, 0.1) is 18.1 Å². The summed E-state index contributed by atoms with van der Waals surface area (Å²) in [6.07, 6.45) is 0. The first kappa shape index (κ1) is 13.0. The summed E-state index contributed by atoms with van der Waals surface area (Å²) in [6.45, 7) is 2.14. The molecule has 1 aromatic heterocycles. The van der Waals surface area contributed by atoms with Crippen molar-refractivity contribution < 1.29 is 4.74 Å². The van der Waals surface area contributed by atoms with Gasteiger partial charge in [-0.25, -0.2) is 0 Å². The van der Waals surface area contributed by atoms with E-state index >= 15 is 0 Å². The smallest absolute Gasteiger partial charge is 0.119 e. The van der Waals surface area contributed by atoms with E-state index in [0.29, 0.717) is 0 Å². The summed E-state index contributed by atoms with van der Waals surface area (Å²) >= 11 is 0. The van der Waals surface area contributed by atoms with Crippen molar-refractivity contribution in [2.24, 2.45) is 0 Å². The minimum atomic E-state index is 0.875. The molecule has 0 aliphatic heterocycles. The maximum Gasteiger partial charge on any atom is 0.119 e. The van der Waals surface area contributed by atoms with Crippen LogP contribution in [0, 0.1) is 6.92 Å². The number of aromatic nitrogens is 1. The lowest BCUT2D eigenvalue weighted by molar-refractivity contribution is 0.415. The fourth-order valence-corrected chi connectivity index (χ4v) is 3.10. The van der Waals surface area contributed by atoms with Gasteiger partial charge in [0, 0.05) is 16.5 Å². The van der Waals surface area contributed by atoms with Crippen molar-refractivity contribution in [2.75, 3.05) is 7.11 Å². The number of hydrogen-bond acceptors (Lipinski definition) is 1. The van der Waals surface area contributed by atoms with E-state index in [2.05, 4.69) is 66.1 Å². The maximum atomic E-state index is 5.27. The zero-order valence-corrected chi connectivity index (χ0v) is 12.7. The number of para-hydroxylation sites is 1. The van der Waals surface area contributed by atoms with Crippen LogP contribution in [-0.2, 0) is 0 Å². The molecule has 4 aromatic rings. The highest BCUT2D eigenvalue weighted by Gasteiger charge is 2.11. The number of fused-ring (bicyclic) bond motifs is 3. The Bertz CT molecular complexity index is 964. The predicted octanol–water partition coefficient (Wildman–Crippen LogP) is 5.10. The van der Waals surface area contributed by atoms with Crippen molar-refractivity contribution in [3.8, 4) is 11.4 Å². The van der Waals surface area contributed by atoms with E-state index in [0.717, 1.165) is 11.4 Å². The molecule has 0 radical (unpaired) electrons. The van der Waals surface area contributed by atoms with Gasteiger partial charge < -0.3 is 9.30 Å². The van der Waals surface area contributed by atoms with E-state index in [-0.39, 0.29) is 0 Å². The first-order chi connectivity index (χ1) is 10.8. The summed E-state index contributed by atoms with van der Waals surface area (Å²) in [5, 5.41) is 2.59. The minimum absolute atomic E-state index is 0.875. The maximum absolute atomic E-state index is 5.27. The molecule has 0 N–H and O–H groups in total. The Morgan fingerprint density at radius 2 is 1.50 bits per heavy atom. The Kier molecular flexibility index (Phi) is 2.90. The van der Waals surface area contributed by atoms with Gasteiger partial charge >= 0.3 is 0 Å². The minimum Gasteiger partial charge on any atom is -0.497 e. The van der Waals surface area contributed by atoms with E-state index in [9.17, 15) is 0 Å². The standard InChI is InChI=1S/C20H17NO/c1-14-7-12-20-18(13-14)17-5-3-4-6-19(17)21(20)15-8-10-16(22-2)11-9-15/h3-13H,1-2H3. The quantitative estimate of drug-likeness (QED) is 0.500. The molecule has 0 aliphatic carbocycles. The molecule has 108 valence electrons. The van der Waals surface area contributed by atoms with E-state index in [1.54, 1.807) is 7.11 Å². The number of ether oxygens (including phenoxy) is 1. The average Bonchev–Trinajstić information content (AvgIpc) is 2.89. The lowest BCUT2D eigenvalue weighted by Crippen LogP contribution is -1.93. The molecule has 2 heteroatoms. The van der Waals surface area contributed by atoms with Crippen molar-refractivity contribution in [3.63, 3.8) is 0 Å². The molecule has 0 spiro atoms. The molecule has 0 fully saturated rings. The van der Waals surface area contributed by atoms with E-state index in [4.69, 9.17) is 4.74 Å². The Hall–Kier alpha value is -2.74. The molecular weight excluding hydrogens is 270 g/mol.